The summed E-state index contributed by atoms with van der Waals surface area (Å²) in [5, 5.41) is 6.76. The second-order valence-electron chi connectivity index (χ2n) is 8.59. The third kappa shape index (κ3) is 6.94. The van der Waals surface area contributed by atoms with Crippen molar-refractivity contribution in [3.8, 4) is 5.75 Å². The number of anilines is 1. The van der Waals surface area contributed by atoms with Gasteiger partial charge in [-0.15, -0.1) is 0 Å². The van der Waals surface area contributed by atoms with E-state index < -0.39 is 6.04 Å². The van der Waals surface area contributed by atoms with Crippen LogP contribution in [0.4, 0.5) is 5.69 Å². The zero-order chi connectivity index (χ0) is 24.5. The van der Waals surface area contributed by atoms with Crippen LogP contribution in [0.25, 0.3) is 10.9 Å². The quantitative estimate of drug-likeness (QED) is 0.339. The zero-order valence-electron chi connectivity index (χ0n) is 20.1. The summed E-state index contributed by atoms with van der Waals surface area (Å²) < 4.78 is 5.33. The molecule has 180 valence electrons. The molecule has 3 rings (SSSR count). The maximum atomic E-state index is 13.0. The predicted octanol–water partition coefficient (Wildman–Crippen LogP) is 4.69. The van der Waals surface area contributed by atoms with E-state index in [0.29, 0.717) is 18.5 Å². The summed E-state index contributed by atoms with van der Waals surface area (Å²) in [6.07, 6.45) is 3.54. The second-order valence-corrected chi connectivity index (χ2v) is 8.59. The Morgan fingerprint density at radius 1 is 1.03 bits per heavy atom. The number of hydrogen-bond acceptors (Lipinski definition) is 4. The lowest BCUT2D eigenvalue weighted by Crippen LogP contribution is -2.44. The number of amides is 2. The van der Waals surface area contributed by atoms with Crippen molar-refractivity contribution in [3.05, 3.63) is 59.8 Å². The van der Waals surface area contributed by atoms with Gasteiger partial charge in [0.05, 0.1) is 13.5 Å². The van der Waals surface area contributed by atoms with E-state index in [9.17, 15) is 14.4 Å². The van der Waals surface area contributed by atoms with Gasteiger partial charge < -0.3 is 25.1 Å². The molecule has 0 aliphatic carbocycles. The monoisotopic (exact) mass is 463 g/mol. The van der Waals surface area contributed by atoms with Gasteiger partial charge in [-0.3, -0.25) is 9.59 Å². The Morgan fingerprint density at radius 3 is 2.50 bits per heavy atom. The average molecular weight is 464 g/mol. The number of rotatable bonds is 12. The second kappa shape index (κ2) is 12.0. The van der Waals surface area contributed by atoms with Crippen molar-refractivity contribution in [2.75, 3.05) is 12.4 Å². The lowest BCUT2D eigenvalue weighted by Gasteiger charge is -2.19. The molecule has 0 bridgehead atoms. The van der Waals surface area contributed by atoms with Gasteiger partial charge in [-0.2, -0.15) is 0 Å². The molecule has 0 unspecified atom stereocenters. The molecule has 1 heterocycles. The summed E-state index contributed by atoms with van der Waals surface area (Å²) in [6, 6.07) is 14.2. The van der Waals surface area contributed by atoms with Crippen LogP contribution in [0.1, 0.15) is 50.3 Å². The summed E-state index contributed by atoms with van der Waals surface area (Å²) in [4.78, 5) is 40.5. The molecule has 7 heteroatoms. The SMILES string of the molecule is COc1ccc2[nH]c(C)c(CC(=O)N[C@@H](CCCCCC(C)=O)C(=O)Nc3ccccc3)c2c1. The van der Waals surface area contributed by atoms with Crippen LogP contribution in [-0.4, -0.2) is 35.7 Å². The molecular weight excluding hydrogens is 430 g/mol. The topological polar surface area (TPSA) is 100 Å². The molecule has 2 amide bonds. The van der Waals surface area contributed by atoms with Crippen molar-refractivity contribution in [2.45, 2.75) is 58.4 Å². The van der Waals surface area contributed by atoms with E-state index in [4.69, 9.17) is 4.74 Å². The number of unbranched alkanes of at least 4 members (excludes halogenated alkanes) is 2. The lowest BCUT2D eigenvalue weighted by molar-refractivity contribution is -0.126. The van der Waals surface area contributed by atoms with Crippen molar-refractivity contribution in [2.24, 2.45) is 0 Å². The molecule has 1 atom stereocenters. The van der Waals surface area contributed by atoms with Gasteiger partial charge in [0, 0.05) is 28.7 Å². The molecule has 34 heavy (non-hydrogen) atoms. The number of nitrogens with one attached hydrogen (secondary N) is 3. The molecule has 3 aromatic rings. The predicted molar refractivity (Wildman–Crippen MR) is 134 cm³/mol. The number of ketones is 1. The van der Waals surface area contributed by atoms with Gasteiger partial charge in [-0.25, -0.2) is 0 Å². The molecule has 7 nitrogen and oxygen atoms in total. The molecule has 0 aliphatic rings. The number of benzene rings is 2. The van der Waals surface area contributed by atoms with Gasteiger partial charge in [0.15, 0.2) is 0 Å². The van der Waals surface area contributed by atoms with Gasteiger partial charge in [0.2, 0.25) is 11.8 Å². The lowest BCUT2D eigenvalue weighted by atomic mass is 10.0. The maximum absolute atomic E-state index is 13.0. The maximum Gasteiger partial charge on any atom is 0.246 e. The summed E-state index contributed by atoms with van der Waals surface area (Å²) >= 11 is 0. The van der Waals surface area contributed by atoms with Crippen LogP contribution < -0.4 is 15.4 Å². The fourth-order valence-electron chi connectivity index (χ4n) is 4.04. The van der Waals surface area contributed by atoms with E-state index in [0.717, 1.165) is 47.2 Å². The highest BCUT2D eigenvalue weighted by atomic mass is 16.5. The van der Waals surface area contributed by atoms with Crippen molar-refractivity contribution >= 4 is 34.2 Å². The molecule has 0 radical (unpaired) electrons. The summed E-state index contributed by atoms with van der Waals surface area (Å²) in [6.45, 7) is 3.52. The number of methoxy groups -OCH3 is 1. The van der Waals surface area contributed by atoms with E-state index in [2.05, 4.69) is 15.6 Å². The van der Waals surface area contributed by atoms with Crippen LogP contribution in [-0.2, 0) is 20.8 Å². The molecule has 2 aromatic carbocycles. The molecule has 0 saturated heterocycles. The number of fused-ring (bicyclic) bond motifs is 1. The highest BCUT2D eigenvalue weighted by molar-refractivity contribution is 5.98. The van der Waals surface area contributed by atoms with Gasteiger partial charge >= 0.3 is 0 Å². The Balaban J connectivity index is 1.69. The number of para-hydroxylation sites is 1. The van der Waals surface area contributed by atoms with Crippen LogP contribution in [0.5, 0.6) is 5.75 Å². The Hall–Kier alpha value is -3.61. The van der Waals surface area contributed by atoms with Crippen LogP contribution in [0.2, 0.25) is 0 Å². The van der Waals surface area contributed by atoms with Crippen molar-refractivity contribution < 1.29 is 19.1 Å². The van der Waals surface area contributed by atoms with Gasteiger partial charge in [0.25, 0.3) is 0 Å². The Morgan fingerprint density at radius 2 is 1.79 bits per heavy atom. The summed E-state index contributed by atoms with van der Waals surface area (Å²) in [5.41, 5.74) is 3.41. The largest absolute Gasteiger partial charge is 0.497 e. The van der Waals surface area contributed by atoms with Crippen LogP contribution in [0.15, 0.2) is 48.5 Å². The fourth-order valence-corrected chi connectivity index (χ4v) is 4.04. The number of Topliss-reactive ketones (excluding diaryl/α,β-unsaturated/α-hetero) is 1. The fraction of sp³-hybridized carbons (Fsp3) is 0.370. The Kier molecular flexibility index (Phi) is 8.85. The minimum absolute atomic E-state index is 0.151. The molecule has 0 fully saturated rings. The zero-order valence-corrected chi connectivity index (χ0v) is 20.1. The molecule has 1 aromatic heterocycles. The van der Waals surface area contributed by atoms with Crippen LogP contribution in [0.3, 0.4) is 0 Å². The summed E-state index contributed by atoms with van der Waals surface area (Å²) in [7, 11) is 1.61. The number of aromatic nitrogens is 1. The van der Waals surface area contributed by atoms with Crippen LogP contribution in [0, 0.1) is 6.92 Å². The number of aromatic amines is 1. The van der Waals surface area contributed by atoms with Crippen molar-refractivity contribution in [1.82, 2.24) is 10.3 Å². The molecule has 3 N–H and O–H groups in total. The smallest absolute Gasteiger partial charge is 0.246 e. The molecule has 0 spiro atoms. The Labute approximate surface area is 200 Å². The van der Waals surface area contributed by atoms with E-state index in [1.165, 1.54) is 0 Å². The van der Waals surface area contributed by atoms with Crippen molar-refractivity contribution in [3.63, 3.8) is 0 Å². The first-order valence-corrected chi connectivity index (χ1v) is 11.7. The van der Waals surface area contributed by atoms with Gasteiger partial charge in [-0.05, 0) is 62.6 Å². The minimum atomic E-state index is -0.662. The van der Waals surface area contributed by atoms with E-state index in [1.807, 2.05) is 55.5 Å². The molecule has 0 saturated carbocycles. The number of H-pyrrole nitrogens is 1. The van der Waals surface area contributed by atoms with E-state index in [-0.39, 0.29) is 24.0 Å². The Bertz CT molecular complexity index is 1140. The number of carbonyl (C=O) groups excluding carboxylic acids is 3. The van der Waals surface area contributed by atoms with Crippen molar-refractivity contribution in [1.29, 1.82) is 0 Å². The summed E-state index contributed by atoms with van der Waals surface area (Å²) in [5.74, 6) is 0.420. The number of aryl methyl sites for hydroxylation is 1. The highest BCUT2D eigenvalue weighted by Crippen LogP contribution is 2.26. The first-order chi connectivity index (χ1) is 16.4. The van der Waals surface area contributed by atoms with E-state index >= 15 is 0 Å². The first-order valence-electron chi connectivity index (χ1n) is 11.7. The average Bonchev–Trinajstić information content (AvgIpc) is 3.12. The van der Waals surface area contributed by atoms with Gasteiger partial charge in [-0.1, -0.05) is 31.0 Å². The highest BCUT2D eigenvalue weighted by Gasteiger charge is 2.22. The molecular formula is C27H33N3O4. The first kappa shape index (κ1) is 25.0. The standard InChI is InChI=1S/C27H33N3O4/c1-18(31)10-6-4-9-13-25(27(33)29-20-11-7-5-8-12-20)30-26(32)17-22-19(2)28-24-15-14-21(34-3)16-23(22)24/h5,7-8,11-12,14-16,25,28H,4,6,9-10,13,17H2,1-3H3,(H,29,33)(H,30,32)/t25-/m0/s1. The normalized spacial score (nSPS) is 11.7. The molecule has 0 aliphatic heterocycles. The third-order valence-electron chi connectivity index (χ3n) is 5.88. The van der Waals surface area contributed by atoms with E-state index in [1.54, 1.807) is 14.0 Å². The van der Waals surface area contributed by atoms with Crippen LogP contribution >= 0.6 is 0 Å². The number of carbonyl (C=O) groups is 3. The number of ether oxygens (including phenoxy) is 1. The number of hydrogen-bond donors (Lipinski definition) is 3. The minimum Gasteiger partial charge on any atom is -0.497 e. The third-order valence-corrected chi connectivity index (χ3v) is 5.88. The van der Waals surface area contributed by atoms with Gasteiger partial charge in [0.1, 0.15) is 17.6 Å².